The summed E-state index contributed by atoms with van der Waals surface area (Å²) in [6.07, 6.45) is -0.509. The van der Waals surface area contributed by atoms with Crippen LogP contribution in [-0.4, -0.2) is 55.6 Å². The van der Waals surface area contributed by atoms with Crippen LogP contribution in [0, 0.1) is 0 Å². The zero-order valence-corrected chi connectivity index (χ0v) is 12.1. The Kier molecular flexibility index (Phi) is 6.46. The number of ether oxygens (including phenoxy) is 2. The van der Waals surface area contributed by atoms with Gasteiger partial charge in [0, 0.05) is 26.2 Å². The summed E-state index contributed by atoms with van der Waals surface area (Å²) in [7, 11) is 0. The largest absolute Gasteiger partial charge is 0.447 e. The molecule has 1 aromatic carbocycles. The molecule has 0 bridgehead atoms. The Labute approximate surface area is 124 Å². The molecule has 21 heavy (non-hydrogen) atoms. The number of nitrogens with zero attached hydrogens (tertiary/aromatic N) is 1. The van der Waals surface area contributed by atoms with Crippen molar-refractivity contribution < 1.29 is 19.4 Å². The first-order valence-corrected chi connectivity index (χ1v) is 7.18. The maximum absolute atomic E-state index is 11.4. The molecule has 0 unspecified atom stereocenters. The van der Waals surface area contributed by atoms with Gasteiger partial charge in [-0.2, -0.15) is 0 Å². The average Bonchev–Trinajstić information content (AvgIpc) is 2.53. The van der Waals surface area contributed by atoms with Gasteiger partial charge in [-0.05, 0) is 11.1 Å². The summed E-state index contributed by atoms with van der Waals surface area (Å²) in [5, 5.41) is 11.3. The predicted molar refractivity (Wildman–Crippen MR) is 77.8 cm³/mol. The molecule has 1 aliphatic heterocycles. The Hall–Kier alpha value is -1.63. The molecule has 1 heterocycles. The van der Waals surface area contributed by atoms with Gasteiger partial charge in [0.1, 0.15) is 6.61 Å². The molecule has 116 valence electrons. The SMILES string of the molecule is O=C(NCc1ccccc1CN1CCOCC1)OCCO. The molecule has 1 fully saturated rings. The van der Waals surface area contributed by atoms with Crippen molar-refractivity contribution in [3.8, 4) is 0 Å². The van der Waals surface area contributed by atoms with Gasteiger partial charge in [-0.1, -0.05) is 24.3 Å². The first-order chi connectivity index (χ1) is 10.3. The van der Waals surface area contributed by atoms with E-state index in [9.17, 15) is 4.79 Å². The molecule has 2 rings (SSSR count). The molecule has 6 nitrogen and oxygen atoms in total. The number of nitrogens with one attached hydrogen (secondary N) is 1. The van der Waals surface area contributed by atoms with Crippen molar-refractivity contribution in [1.29, 1.82) is 0 Å². The first-order valence-electron chi connectivity index (χ1n) is 7.18. The number of carbonyl (C=O) groups excluding carboxylic acids is 1. The van der Waals surface area contributed by atoms with Crippen molar-refractivity contribution in [2.24, 2.45) is 0 Å². The third kappa shape index (κ3) is 5.34. The molecule has 2 N–H and O–H groups in total. The lowest BCUT2D eigenvalue weighted by Gasteiger charge is -2.27. The smallest absolute Gasteiger partial charge is 0.407 e. The minimum Gasteiger partial charge on any atom is -0.447 e. The van der Waals surface area contributed by atoms with Gasteiger partial charge in [0.15, 0.2) is 0 Å². The highest BCUT2D eigenvalue weighted by molar-refractivity contribution is 5.67. The Bertz CT molecular complexity index is 447. The Morgan fingerprint density at radius 2 is 2.00 bits per heavy atom. The molecular formula is C15H22N2O4. The highest BCUT2D eigenvalue weighted by Gasteiger charge is 2.13. The van der Waals surface area contributed by atoms with Gasteiger partial charge in [-0.15, -0.1) is 0 Å². The molecule has 0 aliphatic carbocycles. The van der Waals surface area contributed by atoms with E-state index in [0.717, 1.165) is 38.4 Å². The van der Waals surface area contributed by atoms with Crippen molar-refractivity contribution in [2.75, 3.05) is 39.5 Å². The summed E-state index contributed by atoms with van der Waals surface area (Å²) in [5.74, 6) is 0. The van der Waals surface area contributed by atoms with E-state index in [2.05, 4.69) is 16.3 Å². The van der Waals surface area contributed by atoms with Crippen molar-refractivity contribution in [3.05, 3.63) is 35.4 Å². The molecule has 6 heteroatoms. The molecule has 0 radical (unpaired) electrons. The lowest BCUT2D eigenvalue weighted by molar-refractivity contribution is 0.0340. The zero-order valence-electron chi connectivity index (χ0n) is 12.1. The lowest BCUT2D eigenvalue weighted by atomic mass is 10.1. The van der Waals surface area contributed by atoms with Gasteiger partial charge in [0.05, 0.1) is 19.8 Å². The minimum atomic E-state index is -0.509. The average molecular weight is 294 g/mol. The highest BCUT2D eigenvalue weighted by atomic mass is 16.6. The standard InChI is InChI=1S/C15H22N2O4/c18-7-10-21-15(19)16-11-13-3-1-2-4-14(13)12-17-5-8-20-9-6-17/h1-4,18H,5-12H2,(H,16,19). The number of morpholine rings is 1. The van der Waals surface area contributed by atoms with Crippen molar-refractivity contribution in [1.82, 2.24) is 10.2 Å². The molecule has 1 aliphatic rings. The Morgan fingerprint density at radius 3 is 2.71 bits per heavy atom. The van der Waals surface area contributed by atoms with Crippen molar-refractivity contribution >= 4 is 6.09 Å². The van der Waals surface area contributed by atoms with Gasteiger partial charge in [0.25, 0.3) is 0 Å². The number of amides is 1. The molecule has 1 saturated heterocycles. The second-order valence-electron chi connectivity index (χ2n) is 4.87. The second kappa shape index (κ2) is 8.61. The van der Waals surface area contributed by atoms with Gasteiger partial charge in [0.2, 0.25) is 0 Å². The summed E-state index contributed by atoms with van der Waals surface area (Å²) in [6, 6.07) is 8.04. The van der Waals surface area contributed by atoms with E-state index in [1.54, 1.807) is 0 Å². The van der Waals surface area contributed by atoms with Crippen LogP contribution in [0.1, 0.15) is 11.1 Å². The van der Waals surface area contributed by atoms with Gasteiger partial charge in [-0.3, -0.25) is 4.90 Å². The fourth-order valence-corrected chi connectivity index (χ4v) is 2.24. The minimum absolute atomic E-state index is 0.0151. The van der Waals surface area contributed by atoms with E-state index in [-0.39, 0.29) is 13.2 Å². The number of hydrogen-bond donors (Lipinski definition) is 2. The fourth-order valence-electron chi connectivity index (χ4n) is 2.24. The van der Waals surface area contributed by atoms with Crippen LogP contribution in [0.3, 0.4) is 0 Å². The molecule has 1 amide bonds. The molecule has 0 atom stereocenters. The topological polar surface area (TPSA) is 71.0 Å². The zero-order chi connectivity index (χ0) is 14.9. The van der Waals surface area contributed by atoms with Gasteiger partial charge < -0.3 is 19.9 Å². The van der Waals surface area contributed by atoms with Crippen LogP contribution in [0.4, 0.5) is 4.79 Å². The van der Waals surface area contributed by atoms with Crippen LogP contribution in [0.15, 0.2) is 24.3 Å². The van der Waals surface area contributed by atoms with Crippen LogP contribution in [-0.2, 0) is 22.6 Å². The van der Waals surface area contributed by atoms with Crippen LogP contribution >= 0.6 is 0 Å². The molecule has 0 aromatic heterocycles. The predicted octanol–water partition coefficient (Wildman–Crippen LogP) is 0.737. The number of rotatable bonds is 6. The third-order valence-corrected chi connectivity index (χ3v) is 3.36. The van der Waals surface area contributed by atoms with Crippen LogP contribution in [0.5, 0.6) is 0 Å². The van der Waals surface area contributed by atoms with E-state index >= 15 is 0 Å². The molecule has 1 aromatic rings. The summed E-state index contributed by atoms with van der Waals surface area (Å²) in [4.78, 5) is 13.7. The van der Waals surface area contributed by atoms with E-state index < -0.39 is 6.09 Å². The van der Waals surface area contributed by atoms with Gasteiger partial charge in [-0.25, -0.2) is 4.79 Å². The van der Waals surface area contributed by atoms with E-state index in [0.29, 0.717) is 6.54 Å². The van der Waals surface area contributed by atoms with Crippen molar-refractivity contribution in [3.63, 3.8) is 0 Å². The fraction of sp³-hybridized carbons (Fsp3) is 0.533. The third-order valence-electron chi connectivity index (χ3n) is 3.36. The van der Waals surface area contributed by atoms with Crippen LogP contribution in [0.2, 0.25) is 0 Å². The molecule has 0 saturated carbocycles. The quantitative estimate of drug-likeness (QED) is 0.809. The maximum Gasteiger partial charge on any atom is 0.407 e. The van der Waals surface area contributed by atoms with Gasteiger partial charge >= 0.3 is 6.09 Å². The number of alkyl carbamates (subject to hydrolysis) is 1. The van der Waals surface area contributed by atoms with E-state index in [1.807, 2.05) is 18.2 Å². The van der Waals surface area contributed by atoms with Crippen LogP contribution < -0.4 is 5.32 Å². The summed E-state index contributed by atoms with van der Waals surface area (Å²) in [6.45, 7) is 4.53. The lowest BCUT2D eigenvalue weighted by Crippen LogP contribution is -2.36. The maximum atomic E-state index is 11.4. The number of benzene rings is 1. The summed E-state index contributed by atoms with van der Waals surface area (Å²) < 4.78 is 10.1. The monoisotopic (exact) mass is 294 g/mol. The van der Waals surface area contributed by atoms with Crippen molar-refractivity contribution in [2.45, 2.75) is 13.1 Å². The Morgan fingerprint density at radius 1 is 1.29 bits per heavy atom. The summed E-state index contributed by atoms with van der Waals surface area (Å²) in [5.41, 5.74) is 2.27. The second-order valence-corrected chi connectivity index (χ2v) is 4.87. The first kappa shape index (κ1) is 15.8. The number of aliphatic hydroxyl groups excluding tert-OH is 1. The summed E-state index contributed by atoms with van der Waals surface area (Å²) >= 11 is 0. The molecule has 0 spiro atoms. The normalized spacial score (nSPS) is 15.7. The van der Waals surface area contributed by atoms with E-state index in [1.165, 1.54) is 5.56 Å². The number of aliphatic hydroxyl groups is 1. The number of hydrogen-bond acceptors (Lipinski definition) is 5. The van der Waals surface area contributed by atoms with E-state index in [4.69, 9.17) is 14.6 Å². The Balaban J connectivity index is 1.88. The highest BCUT2D eigenvalue weighted by Crippen LogP contribution is 2.13. The van der Waals surface area contributed by atoms with Crippen LogP contribution in [0.25, 0.3) is 0 Å². The molecular weight excluding hydrogens is 272 g/mol. The number of carbonyl (C=O) groups is 1.